The highest BCUT2D eigenvalue weighted by molar-refractivity contribution is 5.88. The van der Waals surface area contributed by atoms with Crippen molar-refractivity contribution in [1.82, 2.24) is 5.32 Å². The van der Waals surface area contributed by atoms with E-state index in [0.717, 1.165) is 0 Å². The number of hydrogen-bond acceptors (Lipinski definition) is 3. The van der Waals surface area contributed by atoms with Crippen molar-refractivity contribution < 1.29 is 19.4 Å². The quantitative estimate of drug-likeness (QED) is 0.795. The number of carbonyl (C=O) groups is 2. The number of aliphatic carboxylic acids is 1. The van der Waals surface area contributed by atoms with Gasteiger partial charge in [-0.1, -0.05) is 13.8 Å². The van der Waals surface area contributed by atoms with Crippen molar-refractivity contribution >= 4 is 12.1 Å². The molecule has 0 saturated heterocycles. The lowest BCUT2D eigenvalue weighted by Crippen LogP contribution is -2.47. The Hall–Kier alpha value is -1.26. The van der Waals surface area contributed by atoms with E-state index in [1.54, 1.807) is 20.8 Å². The summed E-state index contributed by atoms with van der Waals surface area (Å²) in [6.45, 7) is 9.13. The van der Waals surface area contributed by atoms with Crippen LogP contribution in [0.15, 0.2) is 0 Å². The van der Waals surface area contributed by atoms with Crippen LogP contribution in [0.3, 0.4) is 0 Å². The fourth-order valence-corrected chi connectivity index (χ4v) is 2.02. The van der Waals surface area contributed by atoms with Crippen LogP contribution in [0, 0.1) is 11.8 Å². The Morgan fingerprint density at radius 2 is 1.94 bits per heavy atom. The van der Waals surface area contributed by atoms with E-state index in [-0.39, 0.29) is 11.8 Å². The van der Waals surface area contributed by atoms with Crippen LogP contribution in [0.5, 0.6) is 0 Å². The third kappa shape index (κ3) is 3.11. The zero-order valence-electron chi connectivity index (χ0n) is 11.0. The Bertz CT molecular complexity index is 332. The number of alkyl carbamates (subject to hydrolysis) is 1. The van der Waals surface area contributed by atoms with Gasteiger partial charge in [-0.25, -0.2) is 9.59 Å². The van der Waals surface area contributed by atoms with Gasteiger partial charge in [-0.05, 0) is 39.0 Å². The highest BCUT2D eigenvalue weighted by Gasteiger charge is 2.63. The number of carbonyl (C=O) groups excluding carboxylic acids is 1. The molecular weight excluding hydrogens is 222 g/mol. The fourth-order valence-electron chi connectivity index (χ4n) is 2.02. The summed E-state index contributed by atoms with van der Waals surface area (Å²) < 4.78 is 5.08. The Balaban J connectivity index is 2.66. The van der Waals surface area contributed by atoms with Gasteiger partial charge in [0.2, 0.25) is 0 Å². The lowest BCUT2D eigenvalue weighted by Gasteiger charge is -2.22. The molecule has 1 fully saturated rings. The van der Waals surface area contributed by atoms with Gasteiger partial charge >= 0.3 is 12.1 Å². The number of carboxylic acids is 1. The summed E-state index contributed by atoms with van der Waals surface area (Å²) in [5, 5.41) is 11.7. The summed E-state index contributed by atoms with van der Waals surface area (Å²) in [6.07, 6.45) is -0.192. The van der Waals surface area contributed by atoms with Crippen LogP contribution in [0.4, 0.5) is 4.79 Å². The number of hydrogen-bond donors (Lipinski definition) is 2. The second kappa shape index (κ2) is 4.20. The molecule has 0 aromatic carbocycles. The van der Waals surface area contributed by atoms with E-state index in [1.807, 2.05) is 13.8 Å². The summed E-state index contributed by atoms with van der Waals surface area (Å²) in [7, 11) is 0. The molecule has 1 aliphatic carbocycles. The largest absolute Gasteiger partial charge is 0.479 e. The molecule has 0 aromatic rings. The second-order valence-electron chi connectivity index (χ2n) is 5.96. The number of amides is 1. The van der Waals surface area contributed by atoms with Crippen LogP contribution in [0.1, 0.15) is 41.0 Å². The average Bonchev–Trinajstić information content (AvgIpc) is 2.76. The van der Waals surface area contributed by atoms with Gasteiger partial charge in [-0.3, -0.25) is 0 Å². The Kier molecular flexibility index (Phi) is 3.41. The zero-order chi connectivity index (χ0) is 13.4. The first-order valence-electron chi connectivity index (χ1n) is 5.83. The van der Waals surface area contributed by atoms with Gasteiger partial charge in [0.05, 0.1) is 0 Å². The standard InChI is InChI=1S/C12H21NO4/c1-7(2)8-6-12(8,9(14)15)13-10(16)17-11(3,4)5/h7-8H,6H2,1-5H3,(H,13,16)(H,14,15)/t8-,12-/m1/s1. The van der Waals surface area contributed by atoms with Crippen molar-refractivity contribution in [2.75, 3.05) is 0 Å². The van der Waals surface area contributed by atoms with E-state index in [1.165, 1.54) is 0 Å². The van der Waals surface area contributed by atoms with Gasteiger partial charge in [0.1, 0.15) is 11.1 Å². The van der Waals surface area contributed by atoms with Gasteiger partial charge in [0.25, 0.3) is 0 Å². The molecule has 5 heteroatoms. The fraction of sp³-hybridized carbons (Fsp3) is 0.833. The average molecular weight is 243 g/mol. The zero-order valence-corrected chi connectivity index (χ0v) is 11.0. The Labute approximate surface area is 102 Å². The van der Waals surface area contributed by atoms with E-state index in [4.69, 9.17) is 4.74 Å². The van der Waals surface area contributed by atoms with Crippen molar-refractivity contribution in [2.45, 2.75) is 52.2 Å². The monoisotopic (exact) mass is 243 g/mol. The lowest BCUT2D eigenvalue weighted by atomic mass is 10.0. The molecule has 0 spiro atoms. The van der Waals surface area contributed by atoms with Gasteiger partial charge < -0.3 is 15.2 Å². The van der Waals surface area contributed by atoms with E-state index < -0.39 is 23.2 Å². The maximum Gasteiger partial charge on any atom is 0.408 e. The molecule has 0 unspecified atom stereocenters. The predicted octanol–water partition coefficient (Wildman–Crippen LogP) is 2.01. The highest BCUT2D eigenvalue weighted by Crippen LogP contribution is 2.48. The molecular formula is C12H21NO4. The van der Waals surface area contributed by atoms with Crippen molar-refractivity contribution in [3.8, 4) is 0 Å². The van der Waals surface area contributed by atoms with Crippen LogP contribution in [-0.4, -0.2) is 28.3 Å². The minimum absolute atomic E-state index is 0.0208. The molecule has 0 bridgehead atoms. The molecule has 1 saturated carbocycles. The SMILES string of the molecule is CC(C)[C@H]1C[C@]1(NC(=O)OC(C)(C)C)C(=O)O. The molecule has 1 aliphatic rings. The van der Waals surface area contributed by atoms with Crippen molar-refractivity contribution in [1.29, 1.82) is 0 Å². The molecule has 17 heavy (non-hydrogen) atoms. The maximum absolute atomic E-state index is 11.6. The van der Waals surface area contributed by atoms with Gasteiger partial charge in [0, 0.05) is 0 Å². The molecule has 2 atom stereocenters. The summed E-state index contributed by atoms with van der Waals surface area (Å²) in [5.41, 5.74) is -1.75. The molecule has 98 valence electrons. The molecule has 0 radical (unpaired) electrons. The third-order valence-electron chi connectivity index (χ3n) is 2.93. The van der Waals surface area contributed by atoms with Crippen molar-refractivity contribution in [2.24, 2.45) is 11.8 Å². The summed E-state index contributed by atoms with van der Waals surface area (Å²) in [4.78, 5) is 22.8. The van der Waals surface area contributed by atoms with Gasteiger partial charge in [0.15, 0.2) is 0 Å². The second-order valence-corrected chi connectivity index (χ2v) is 5.96. The van der Waals surface area contributed by atoms with E-state index >= 15 is 0 Å². The van der Waals surface area contributed by atoms with Crippen LogP contribution in [0.2, 0.25) is 0 Å². The van der Waals surface area contributed by atoms with Crippen molar-refractivity contribution in [3.63, 3.8) is 0 Å². The van der Waals surface area contributed by atoms with Gasteiger partial charge in [-0.15, -0.1) is 0 Å². The van der Waals surface area contributed by atoms with Crippen LogP contribution < -0.4 is 5.32 Å². The van der Waals surface area contributed by atoms with Gasteiger partial charge in [-0.2, -0.15) is 0 Å². The first-order chi connectivity index (χ1) is 7.58. The first kappa shape index (κ1) is 13.8. The normalized spacial score (nSPS) is 27.8. The Morgan fingerprint density at radius 1 is 1.41 bits per heavy atom. The van der Waals surface area contributed by atoms with Crippen LogP contribution >= 0.6 is 0 Å². The van der Waals surface area contributed by atoms with Crippen molar-refractivity contribution in [3.05, 3.63) is 0 Å². The highest BCUT2D eigenvalue weighted by atomic mass is 16.6. The molecule has 0 aliphatic heterocycles. The molecule has 5 nitrogen and oxygen atoms in total. The summed E-state index contributed by atoms with van der Waals surface area (Å²) in [6, 6.07) is 0. The number of rotatable bonds is 3. The lowest BCUT2D eigenvalue weighted by molar-refractivity contribution is -0.141. The smallest absolute Gasteiger partial charge is 0.408 e. The van der Waals surface area contributed by atoms with Crippen LogP contribution in [-0.2, 0) is 9.53 Å². The molecule has 0 aromatic heterocycles. The number of nitrogens with one attached hydrogen (secondary N) is 1. The Morgan fingerprint density at radius 3 is 2.24 bits per heavy atom. The summed E-state index contributed by atoms with van der Waals surface area (Å²) in [5.74, 6) is -0.782. The summed E-state index contributed by atoms with van der Waals surface area (Å²) >= 11 is 0. The molecule has 1 rings (SSSR count). The third-order valence-corrected chi connectivity index (χ3v) is 2.93. The molecule has 2 N–H and O–H groups in total. The number of ether oxygens (including phenoxy) is 1. The van der Waals surface area contributed by atoms with E-state index in [9.17, 15) is 14.7 Å². The first-order valence-corrected chi connectivity index (χ1v) is 5.83. The van der Waals surface area contributed by atoms with E-state index in [2.05, 4.69) is 5.32 Å². The number of carboxylic acid groups (broad SMARTS) is 1. The minimum Gasteiger partial charge on any atom is -0.479 e. The topological polar surface area (TPSA) is 75.6 Å². The predicted molar refractivity (Wildman–Crippen MR) is 62.7 cm³/mol. The van der Waals surface area contributed by atoms with Crippen LogP contribution in [0.25, 0.3) is 0 Å². The van der Waals surface area contributed by atoms with E-state index in [0.29, 0.717) is 6.42 Å². The molecule has 0 heterocycles. The molecule has 1 amide bonds. The maximum atomic E-state index is 11.6. The minimum atomic E-state index is -1.13.